The number of piperidine rings is 1. The van der Waals surface area contributed by atoms with Gasteiger partial charge in [-0.05, 0) is 50.6 Å². The van der Waals surface area contributed by atoms with E-state index in [1.165, 1.54) is 5.56 Å². The Morgan fingerprint density at radius 3 is 2.48 bits per heavy atom. The number of carbonyl (C=O) groups is 1. The van der Waals surface area contributed by atoms with Crippen molar-refractivity contribution in [2.45, 2.75) is 32.9 Å². The number of halogens is 1. The van der Waals surface area contributed by atoms with Crippen LogP contribution in [0, 0.1) is 12.8 Å². The Bertz CT molecular complexity index is 826. The summed E-state index contributed by atoms with van der Waals surface area (Å²) < 4.78 is 0. The zero-order valence-corrected chi connectivity index (χ0v) is 18.6. The second-order valence-corrected chi connectivity index (χ2v) is 9.64. The van der Waals surface area contributed by atoms with Gasteiger partial charge in [0.05, 0.1) is 10.7 Å². The molecule has 0 N–H and O–H groups in total. The molecule has 0 aliphatic carbocycles. The molecular weight excluding hydrogens is 404 g/mol. The normalized spacial score (nSPS) is 19.6. The first kappa shape index (κ1) is 20.8. The van der Waals surface area contributed by atoms with Gasteiger partial charge in [-0.2, -0.15) is 0 Å². The van der Waals surface area contributed by atoms with Crippen LogP contribution >= 0.6 is 22.9 Å². The molecule has 0 radical (unpaired) electrons. The van der Waals surface area contributed by atoms with E-state index in [1.54, 1.807) is 11.3 Å². The van der Waals surface area contributed by atoms with Crippen molar-refractivity contribution in [3.05, 3.63) is 50.9 Å². The van der Waals surface area contributed by atoms with E-state index in [9.17, 15) is 4.79 Å². The van der Waals surface area contributed by atoms with E-state index in [0.717, 1.165) is 80.9 Å². The van der Waals surface area contributed by atoms with E-state index < -0.39 is 0 Å². The van der Waals surface area contributed by atoms with Gasteiger partial charge in [0.1, 0.15) is 0 Å². The van der Waals surface area contributed by atoms with E-state index in [-0.39, 0.29) is 5.92 Å². The smallest absolute Gasteiger partial charge is 0.225 e. The number of nitrogens with zero attached hydrogens (tertiary/aromatic N) is 4. The number of piperazine rings is 1. The zero-order chi connectivity index (χ0) is 20.2. The summed E-state index contributed by atoms with van der Waals surface area (Å²) >= 11 is 7.80. The lowest BCUT2D eigenvalue weighted by atomic mass is 9.95. The monoisotopic (exact) mass is 432 g/mol. The lowest BCUT2D eigenvalue weighted by Gasteiger charge is -2.38. The van der Waals surface area contributed by atoms with Crippen molar-refractivity contribution in [1.82, 2.24) is 19.7 Å². The second kappa shape index (κ2) is 9.56. The van der Waals surface area contributed by atoms with E-state index in [2.05, 4.69) is 31.1 Å². The Hall–Kier alpha value is -1.47. The number of carbonyl (C=O) groups excluding carboxylic acids is 1. The van der Waals surface area contributed by atoms with Crippen LogP contribution in [0.15, 0.2) is 29.6 Å². The molecule has 5 nitrogen and oxygen atoms in total. The summed E-state index contributed by atoms with van der Waals surface area (Å²) in [5.74, 6) is 0.541. The highest BCUT2D eigenvalue weighted by Crippen LogP contribution is 2.23. The Morgan fingerprint density at radius 1 is 1.10 bits per heavy atom. The minimum atomic E-state index is 0.183. The number of aryl methyl sites for hydroxylation is 1. The van der Waals surface area contributed by atoms with Crippen molar-refractivity contribution in [2.24, 2.45) is 5.92 Å². The van der Waals surface area contributed by atoms with E-state index in [0.29, 0.717) is 5.91 Å². The molecule has 2 fully saturated rings. The maximum Gasteiger partial charge on any atom is 0.225 e. The number of hydrogen-bond donors (Lipinski definition) is 0. The van der Waals surface area contributed by atoms with Crippen LogP contribution in [0.3, 0.4) is 0 Å². The minimum Gasteiger partial charge on any atom is -0.340 e. The summed E-state index contributed by atoms with van der Waals surface area (Å²) in [4.78, 5) is 24.5. The molecule has 156 valence electrons. The zero-order valence-electron chi connectivity index (χ0n) is 17.0. The second-order valence-electron chi connectivity index (χ2n) is 8.14. The first-order valence-electron chi connectivity index (χ1n) is 10.5. The van der Waals surface area contributed by atoms with Gasteiger partial charge in [-0.15, -0.1) is 11.3 Å². The molecule has 0 unspecified atom stereocenters. The number of aromatic nitrogens is 1. The third-order valence-corrected chi connectivity index (χ3v) is 7.03. The van der Waals surface area contributed by atoms with Crippen molar-refractivity contribution in [2.75, 3.05) is 39.3 Å². The molecule has 4 rings (SSSR count). The summed E-state index contributed by atoms with van der Waals surface area (Å²) in [5, 5.41) is 4.06. The van der Waals surface area contributed by atoms with E-state index in [1.807, 2.05) is 25.1 Å². The van der Waals surface area contributed by atoms with Crippen LogP contribution in [0.1, 0.15) is 29.1 Å². The van der Waals surface area contributed by atoms with Crippen molar-refractivity contribution >= 4 is 28.8 Å². The molecule has 1 aromatic carbocycles. The van der Waals surface area contributed by atoms with Gasteiger partial charge in [0, 0.05) is 55.6 Å². The minimum absolute atomic E-state index is 0.183. The Balaban J connectivity index is 1.21. The van der Waals surface area contributed by atoms with Crippen molar-refractivity contribution in [3.63, 3.8) is 0 Å². The first-order valence-corrected chi connectivity index (χ1v) is 11.7. The highest BCUT2D eigenvalue weighted by atomic mass is 35.5. The van der Waals surface area contributed by atoms with Crippen LogP contribution in [0.5, 0.6) is 0 Å². The van der Waals surface area contributed by atoms with Gasteiger partial charge in [0.2, 0.25) is 5.91 Å². The molecule has 0 saturated carbocycles. The van der Waals surface area contributed by atoms with Gasteiger partial charge in [0.25, 0.3) is 0 Å². The van der Waals surface area contributed by atoms with E-state index in [4.69, 9.17) is 11.6 Å². The Morgan fingerprint density at radius 2 is 1.83 bits per heavy atom. The van der Waals surface area contributed by atoms with Crippen molar-refractivity contribution in [1.29, 1.82) is 0 Å². The molecule has 0 atom stereocenters. The number of likely N-dealkylation sites (tertiary alicyclic amines) is 1. The van der Waals surface area contributed by atoms with Crippen LogP contribution in [0.4, 0.5) is 0 Å². The number of rotatable bonds is 5. The summed E-state index contributed by atoms with van der Waals surface area (Å²) in [6, 6.07) is 8.05. The molecular formula is C22H29ClN4OS. The number of amides is 1. The van der Waals surface area contributed by atoms with Crippen LogP contribution in [0.2, 0.25) is 5.02 Å². The van der Waals surface area contributed by atoms with Crippen LogP contribution in [-0.4, -0.2) is 64.9 Å². The largest absolute Gasteiger partial charge is 0.340 e. The third kappa shape index (κ3) is 5.57. The lowest BCUT2D eigenvalue weighted by Crippen LogP contribution is -2.51. The average molecular weight is 433 g/mol. The molecule has 29 heavy (non-hydrogen) atoms. The van der Waals surface area contributed by atoms with Gasteiger partial charge in [-0.25, -0.2) is 4.98 Å². The quantitative estimate of drug-likeness (QED) is 0.722. The first-order chi connectivity index (χ1) is 14.1. The van der Waals surface area contributed by atoms with Crippen LogP contribution in [0.25, 0.3) is 0 Å². The molecule has 2 saturated heterocycles. The lowest BCUT2D eigenvalue weighted by molar-refractivity contribution is -0.139. The molecule has 3 heterocycles. The summed E-state index contributed by atoms with van der Waals surface area (Å²) in [6.45, 7) is 9.36. The maximum absolute atomic E-state index is 13.0. The fraction of sp³-hybridized carbons (Fsp3) is 0.545. The molecule has 2 aromatic rings. The molecule has 2 aliphatic heterocycles. The molecule has 1 aromatic heterocycles. The average Bonchev–Trinajstić information content (AvgIpc) is 3.13. The van der Waals surface area contributed by atoms with Gasteiger partial charge in [-0.1, -0.05) is 23.7 Å². The fourth-order valence-electron chi connectivity index (χ4n) is 4.33. The molecule has 2 aliphatic rings. The highest BCUT2D eigenvalue weighted by molar-refractivity contribution is 7.09. The fourth-order valence-corrected chi connectivity index (χ4v) is 5.14. The highest BCUT2D eigenvalue weighted by Gasteiger charge is 2.30. The van der Waals surface area contributed by atoms with Crippen molar-refractivity contribution in [3.8, 4) is 0 Å². The van der Waals surface area contributed by atoms with E-state index >= 15 is 0 Å². The van der Waals surface area contributed by atoms with Crippen LogP contribution < -0.4 is 0 Å². The predicted molar refractivity (Wildman–Crippen MR) is 118 cm³/mol. The Kier molecular flexibility index (Phi) is 6.85. The maximum atomic E-state index is 13.0. The Labute approximate surface area is 182 Å². The third-order valence-electron chi connectivity index (χ3n) is 5.97. The standard InChI is InChI=1S/C22H29ClN4OS/c1-17-24-21(16-29-17)15-25-7-5-19(6-8-25)22(28)27-11-9-26(10-12-27)14-18-3-2-4-20(23)13-18/h2-4,13,16,19H,5-12,14-15H2,1H3. The molecule has 7 heteroatoms. The number of thiazole rings is 1. The summed E-state index contributed by atoms with van der Waals surface area (Å²) in [7, 11) is 0. The van der Waals surface area contributed by atoms with Gasteiger partial charge >= 0.3 is 0 Å². The predicted octanol–water partition coefficient (Wildman–Crippen LogP) is 3.66. The van der Waals surface area contributed by atoms with Crippen molar-refractivity contribution < 1.29 is 4.79 Å². The van der Waals surface area contributed by atoms with Crippen LogP contribution in [-0.2, 0) is 17.9 Å². The molecule has 1 amide bonds. The molecule has 0 bridgehead atoms. The SMILES string of the molecule is Cc1nc(CN2CCC(C(=O)N3CCN(Cc4cccc(Cl)c4)CC3)CC2)cs1. The van der Waals surface area contributed by atoms with Gasteiger partial charge < -0.3 is 4.90 Å². The molecule has 0 spiro atoms. The summed E-state index contributed by atoms with van der Waals surface area (Å²) in [5.41, 5.74) is 2.40. The van der Waals surface area contributed by atoms with Gasteiger partial charge in [0.15, 0.2) is 0 Å². The topological polar surface area (TPSA) is 39.7 Å². The number of hydrogen-bond acceptors (Lipinski definition) is 5. The summed E-state index contributed by atoms with van der Waals surface area (Å²) in [6.07, 6.45) is 1.93. The van der Waals surface area contributed by atoms with Gasteiger partial charge in [-0.3, -0.25) is 14.6 Å². The number of benzene rings is 1.